The van der Waals surface area contributed by atoms with E-state index in [0.717, 1.165) is 31.7 Å². The summed E-state index contributed by atoms with van der Waals surface area (Å²) in [6.07, 6.45) is 1.65. The van der Waals surface area contributed by atoms with Gasteiger partial charge in [0.2, 0.25) is 5.91 Å². The number of nitrogen functional groups attached to an aromatic ring is 1. The van der Waals surface area contributed by atoms with Crippen LogP contribution < -0.4 is 11.1 Å². The molecule has 4 heteroatoms. The lowest BCUT2D eigenvalue weighted by molar-refractivity contribution is -0.121. The number of hydrogen-bond donors (Lipinski definition) is 2. The molecule has 4 nitrogen and oxygen atoms in total. The Morgan fingerprint density at radius 3 is 2.47 bits per heavy atom. The number of rotatable bonds is 8. The third kappa shape index (κ3) is 6.25. The van der Waals surface area contributed by atoms with E-state index in [1.165, 1.54) is 5.56 Å². The number of nitrogens with zero attached hydrogens (tertiary/aromatic N) is 1. The van der Waals surface area contributed by atoms with Crippen LogP contribution in [0.2, 0.25) is 0 Å². The molecule has 0 bridgehead atoms. The van der Waals surface area contributed by atoms with Crippen LogP contribution in [0.15, 0.2) is 24.3 Å². The first-order chi connectivity index (χ1) is 9.15. The first-order valence-electron chi connectivity index (χ1n) is 6.99. The molecule has 0 unspecified atom stereocenters. The van der Waals surface area contributed by atoms with Crippen molar-refractivity contribution in [2.75, 3.05) is 25.4 Å². The molecule has 1 amide bonds. The van der Waals surface area contributed by atoms with Gasteiger partial charge in [-0.25, -0.2) is 0 Å². The summed E-state index contributed by atoms with van der Waals surface area (Å²) < 4.78 is 0. The molecule has 0 heterocycles. The SMILES string of the molecule is CCCN(CCC(=O)NCC)Cc1ccc(N)cc1. The minimum Gasteiger partial charge on any atom is -0.399 e. The van der Waals surface area contributed by atoms with Gasteiger partial charge in [0.05, 0.1) is 0 Å². The summed E-state index contributed by atoms with van der Waals surface area (Å²) in [6.45, 7) is 7.46. The van der Waals surface area contributed by atoms with E-state index in [1.54, 1.807) is 0 Å². The highest BCUT2D eigenvalue weighted by molar-refractivity contribution is 5.75. The average Bonchev–Trinajstić information content (AvgIpc) is 2.39. The van der Waals surface area contributed by atoms with Crippen LogP contribution >= 0.6 is 0 Å². The van der Waals surface area contributed by atoms with E-state index in [0.29, 0.717) is 13.0 Å². The van der Waals surface area contributed by atoms with Crippen molar-refractivity contribution in [1.29, 1.82) is 0 Å². The Bertz CT molecular complexity index is 375. The maximum absolute atomic E-state index is 11.5. The summed E-state index contributed by atoms with van der Waals surface area (Å²) in [4.78, 5) is 13.8. The summed E-state index contributed by atoms with van der Waals surface area (Å²) in [5.74, 6) is 0.126. The highest BCUT2D eigenvalue weighted by atomic mass is 16.1. The van der Waals surface area contributed by atoms with E-state index in [9.17, 15) is 4.79 Å². The highest BCUT2D eigenvalue weighted by Crippen LogP contribution is 2.09. The summed E-state index contributed by atoms with van der Waals surface area (Å²) in [5.41, 5.74) is 7.70. The van der Waals surface area contributed by atoms with Crippen LogP contribution in [0.3, 0.4) is 0 Å². The highest BCUT2D eigenvalue weighted by Gasteiger charge is 2.08. The van der Waals surface area contributed by atoms with Crippen molar-refractivity contribution in [2.45, 2.75) is 33.2 Å². The number of benzene rings is 1. The molecule has 106 valence electrons. The summed E-state index contributed by atoms with van der Waals surface area (Å²) in [5, 5.41) is 2.83. The third-order valence-corrected chi connectivity index (χ3v) is 2.95. The molecule has 0 aromatic heterocycles. The topological polar surface area (TPSA) is 58.4 Å². The predicted octanol–water partition coefficient (Wildman–Crippen LogP) is 2.01. The monoisotopic (exact) mass is 263 g/mol. The summed E-state index contributed by atoms with van der Waals surface area (Å²) in [7, 11) is 0. The Labute approximate surface area is 116 Å². The summed E-state index contributed by atoms with van der Waals surface area (Å²) >= 11 is 0. The Morgan fingerprint density at radius 1 is 1.21 bits per heavy atom. The molecule has 19 heavy (non-hydrogen) atoms. The molecule has 1 rings (SSSR count). The van der Waals surface area contributed by atoms with E-state index in [-0.39, 0.29) is 5.91 Å². The van der Waals surface area contributed by atoms with Crippen molar-refractivity contribution in [1.82, 2.24) is 10.2 Å². The number of hydrogen-bond acceptors (Lipinski definition) is 3. The van der Waals surface area contributed by atoms with Gasteiger partial charge in [0, 0.05) is 31.7 Å². The standard InChI is InChI=1S/C15H25N3O/c1-3-10-18(11-9-15(19)17-4-2)12-13-5-7-14(16)8-6-13/h5-8H,3-4,9-12,16H2,1-2H3,(H,17,19). The average molecular weight is 263 g/mol. The molecule has 0 aliphatic carbocycles. The van der Waals surface area contributed by atoms with E-state index >= 15 is 0 Å². The van der Waals surface area contributed by atoms with Crippen LogP contribution in [-0.4, -0.2) is 30.4 Å². The lowest BCUT2D eigenvalue weighted by atomic mass is 10.2. The van der Waals surface area contributed by atoms with Gasteiger partial charge in [-0.3, -0.25) is 9.69 Å². The zero-order valence-electron chi connectivity index (χ0n) is 12.0. The van der Waals surface area contributed by atoms with Crippen LogP contribution in [0, 0.1) is 0 Å². The van der Waals surface area contributed by atoms with E-state index in [2.05, 4.69) is 17.1 Å². The summed E-state index contributed by atoms with van der Waals surface area (Å²) in [6, 6.07) is 7.93. The zero-order valence-corrected chi connectivity index (χ0v) is 12.0. The van der Waals surface area contributed by atoms with Crippen molar-refractivity contribution in [2.24, 2.45) is 0 Å². The second-order valence-corrected chi connectivity index (χ2v) is 4.72. The second-order valence-electron chi connectivity index (χ2n) is 4.72. The Hall–Kier alpha value is -1.55. The minimum absolute atomic E-state index is 0.126. The molecule has 1 aromatic rings. The number of carbonyl (C=O) groups is 1. The lowest BCUT2D eigenvalue weighted by Gasteiger charge is -2.21. The fraction of sp³-hybridized carbons (Fsp3) is 0.533. The molecule has 3 N–H and O–H groups in total. The smallest absolute Gasteiger partial charge is 0.221 e. The fourth-order valence-corrected chi connectivity index (χ4v) is 2.01. The minimum atomic E-state index is 0.126. The molecule has 0 spiro atoms. The van der Waals surface area contributed by atoms with Gasteiger partial charge in [0.25, 0.3) is 0 Å². The zero-order chi connectivity index (χ0) is 14.1. The molecular weight excluding hydrogens is 238 g/mol. The van der Waals surface area contributed by atoms with Crippen molar-refractivity contribution >= 4 is 11.6 Å². The first kappa shape index (κ1) is 15.5. The molecule has 0 saturated heterocycles. The second kappa shape index (κ2) is 8.53. The van der Waals surface area contributed by atoms with Crippen molar-refractivity contribution in [3.05, 3.63) is 29.8 Å². The quantitative estimate of drug-likeness (QED) is 0.705. The molecule has 0 aliphatic rings. The van der Waals surface area contributed by atoms with Crippen LogP contribution in [0.4, 0.5) is 5.69 Å². The van der Waals surface area contributed by atoms with Gasteiger partial charge < -0.3 is 11.1 Å². The van der Waals surface area contributed by atoms with Crippen LogP contribution in [0.1, 0.15) is 32.3 Å². The van der Waals surface area contributed by atoms with E-state index in [4.69, 9.17) is 5.73 Å². The Kier molecular flexibility index (Phi) is 6.97. The van der Waals surface area contributed by atoms with Crippen molar-refractivity contribution in [3.8, 4) is 0 Å². The Balaban J connectivity index is 2.47. The molecule has 1 aromatic carbocycles. The van der Waals surface area contributed by atoms with Gasteiger partial charge in [0.15, 0.2) is 0 Å². The van der Waals surface area contributed by atoms with Gasteiger partial charge in [-0.15, -0.1) is 0 Å². The third-order valence-electron chi connectivity index (χ3n) is 2.95. The molecule has 0 atom stereocenters. The van der Waals surface area contributed by atoms with E-state index in [1.807, 2.05) is 31.2 Å². The number of amides is 1. The van der Waals surface area contributed by atoms with Crippen LogP contribution in [0.25, 0.3) is 0 Å². The van der Waals surface area contributed by atoms with Gasteiger partial charge in [-0.2, -0.15) is 0 Å². The van der Waals surface area contributed by atoms with Gasteiger partial charge in [-0.05, 0) is 37.6 Å². The van der Waals surface area contributed by atoms with Crippen LogP contribution in [0.5, 0.6) is 0 Å². The molecule has 0 aliphatic heterocycles. The van der Waals surface area contributed by atoms with Crippen molar-refractivity contribution < 1.29 is 4.79 Å². The number of nitrogens with two attached hydrogens (primary N) is 1. The maximum atomic E-state index is 11.5. The number of nitrogens with one attached hydrogen (secondary N) is 1. The van der Waals surface area contributed by atoms with Crippen molar-refractivity contribution in [3.63, 3.8) is 0 Å². The molecule has 0 fully saturated rings. The van der Waals surface area contributed by atoms with E-state index < -0.39 is 0 Å². The van der Waals surface area contributed by atoms with Gasteiger partial charge in [0.1, 0.15) is 0 Å². The first-order valence-corrected chi connectivity index (χ1v) is 6.99. The largest absolute Gasteiger partial charge is 0.399 e. The molecular formula is C15H25N3O. The molecule has 0 radical (unpaired) electrons. The fourth-order valence-electron chi connectivity index (χ4n) is 2.01. The number of carbonyl (C=O) groups excluding carboxylic acids is 1. The van der Waals surface area contributed by atoms with Gasteiger partial charge in [-0.1, -0.05) is 19.1 Å². The number of anilines is 1. The van der Waals surface area contributed by atoms with Crippen LogP contribution in [-0.2, 0) is 11.3 Å². The predicted molar refractivity (Wildman–Crippen MR) is 79.7 cm³/mol. The van der Waals surface area contributed by atoms with Gasteiger partial charge >= 0.3 is 0 Å². The Morgan fingerprint density at radius 2 is 1.89 bits per heavy atom. The molecule has 0 saturated carbocycles. The normalized spacial score (nSPS) is 10.7. The maximum Gasteiger partial charge on any atom is 0.221 e. The lowest BCUT2D eigenvalue weighted by Crippen LogP contribution is -2.31.